The Morgan fingerprint density at radius 1 is 1.00 bits per heavy atom. The lowest BCUT2D eigenvalue weighted by Crippen LogP contribution is -2.12. The Morgan fingerprint density at radius 2 is 1.70 bits per heavy atom. The van der Waals surface area contributed by atoms with Crippen molar-refractivity contribution in [3.8, 4) is 23.3 Å². The second kappa shape index (κ2) is 7.85. The minimum absolute atomic E-state index is 0.135. The van der Waals surface area contributed by atoms with E-state index in [0.717, 1.165) is 16.9 Å². The fourth-order valence-corrected chi connectivity index (χ4v) is 2.07. The minimum atomic E-state index is -0.400. The number of esters is 1. The third kappa shape index (κ3) is 4.48. The first-order valence-corrected chi connectivity index (χ1v) is 7.03. The fraction of sp³-hybridized carbons (Fsp3) is 0.222. The van der Waals surface area contributed by atoms with Gasteiger partial charge in [-0.25, -0.2) is 0 Å². The molecule has 0 aliphatic heterocycles. The van der Waals surface area contributed by atoms with Crippen LogP contribution in [0.5, 0.6) is 17.2 Å². The molecule has 0 spiro atoms. The van der Waals surface area contributed by atoms with Gasteiger partial charge in [0, 0.05) is 0 Å². The first-order chi connectivity index (χ1) is 11.2. The van der Waals surface area contributed by atoms with Gasteiger partial charge in [0.15, 0.2) is 11.5 Å². The van der Waals surface area contributed by atoms with Gasteiger partial charge in [0.2, 0.25) is 0 Å². The van der Waals surface area contributed by atoms with Gasteiger partial charge in [-0.15, -0.1) is 0 Å². The second-order valence-corrected chi connectivity index (χ2v) is 4.82. The van der Waals surface area contributed by atoms with Gasteiger partial charge in [0.25, 0.3) is 0 Å². The lowest BCUT2D eigenvalue weighted by atomic mass is 10.1. The molecule has 0 aromatic heterocycles. The summed E-state index contributed by atoms with van der Waals surface area (Å²) in [6, 6.07) is 14.4. The Kier molecular flexibility index (Phi) is 5.59. The van der Waals surface area contributed by atoms with E-state index in [9.17, 15) is 4.79 Å². The van der Waals surface area contributed by atoms with Crippen molar-refractivity contribution in [2.24, 2.45) is 0 Å². The number of carbonyl (C=O) groups excluding carboxylic acids is 1. The van der Waals surface area contributed by atoms with E-state index >= 15 is 0 Å². The molecule has 2 rings (SSSR count). The highest BCUT2D eigenvalue weighted by molar-refractivity contribution is 5.76. The van der Waals surface area contributed by atoms with E-state index in [1.165, 1.54) is 7.11 Å². The molecule has 0 aliphatic rings. The van der Waals surface area contributed by atoms with Crippen LogP contribution < -0.4 is 14.2 Å². The summed E-state index contributed by atoms with van der Waals surface area (Å²) in [5.41, 5.74) is 1.59. The molecule has 0 saturated carbocycles. The minimum Gasteiger partial charge on any atom is -0.497 e. The van der Waals surface area contributed by atoms with E-state index in [0.29, 0.717) is 11.5 Å². The number of methoxy groups -OCH3 is 2. The molecular weight excluding hydrogens is 294 g/mol. The predicted octanol–water partition coefficient (Wildman–Crippen LogP) is 2.92. The molecule has 2 aromatic carbocycles. The molecule has 5 heteroatoms. The van der Waals surface area contributed by atoms with Crippen LogP contribution in [0.4, 0.5) is 0 Å². The monoisotopic (exact) mass is 311 g/mol. The number of carbonyl (C=O) groups is 1. The van der Waals surface area contributed by atoms with Crippen molar-refractivity contribution in [2.75, 3.05) is 14.2 Å². The van der Waals surface area contributed by atoms with Crippen molar-refractivity contribution in [1.82, 2.24) is 0 Å². The molecule has 0 saturated heterocycles. The maximum absolute atomic E-state index is 12.1. The van der Waals surface area contributed by atoms with Crippen LogP contribution in [0.15, 0.2) is 42.5 Å². The Labute approximate surface area is 135 Å². The summed E-state index contributed by atoms with van der Waals surface area (Å²) in [6.07, 6.45) is 0.378. The molecule has 0 radical (unpaired) electrons. The van der Waals surface area contributed by atoms with Crippen LogP contribution in [-0.2, 0) is 17.6 Å². The van der Waals surface area contributed by atoms with Crippen LogP contribution in [0.2, 0.25) is 0 Å². The molecule has 0 atom stereocenters. The number of benzene rings is 2. The highest BCUT2D eigenvalue weighted by atomic mass is 16.6. The number of hydrogen-bond donors (Lipinski definition) is 0. The smallest absolute Gasteiger partial charge is 0.315 e. The molecule has 0 unspecified atom stereocenters. The highest BCUT2D eigenvalue weighted by Crippen LogP contribution is 2.28. The van der Waals surface area contributed by atoms with Crippen molar-refractivity contribution in [1.29, 1.82) is 5.26 Å². The number of ether oxygens (including phenoxy) is 3. The van der Waals surface area contributed by atoms with Gasteiger partial charge in [0.1, 0.15) is 5.75 Å². The summed E-state index contributed by atoms with van der Waals surface area (Å²) in [4.78, 5) is 12.1. The van der Waals surface area contributed by atoms with E-state index in [-0.39, 0.29) is 12.8 Å². The Hall–Kier alpha value is -3.00. The Morgan fingerprint density at radius 3 is 2.30 bits per heavy atom. The average molecular weight is 311 g/mol. The molecule has 0 amide bonds. The molecular formula is C18H17NO4. The highest BCUT2D eigenvalue weighted by Gasteiger charge is 2.12. The molecule has 5 nitrogen and oxygen atoms in total. The van der Waals surface area contributed by atoms with Crippen molar-refractivity contribution >= 4 is 5.97 Å². The first-order valence-electron chi connectivity index (χ1n) is 7.03. The fourth-order valence-electron chi connectivity index (χ4n) is 2.07. The third-order valence-corrected chi connectivity index (χ3v) is 3.24. The molecule has 0 heterocycles. The van der Waals surface area contributed by atoms with Gasteiger partial charge in [-0.1, -0.05) is 18.2 Å². The summed E-state index contributed by atoms with van der Waals surface area (Å²) in [5.74, 6) is 1.10. The number of rotatable bonds is 6. The number of nitrogens with zero attached hydrogens (tertiary/aromatic N) is 1. The van der Waals surface area contributed by atoms with Crippen LogP contribution in [-0.4, -0.2) is 20.2 Å². The second-order valence-electron chi connectivity index (χ2n) is 4.82. The molecule has 0 aliphatic carbocycles. The van der Waals surface area contributed by atoms with Gasteiger partial charge in [-0.2, -0.15) is 5.26 Å². The van der Waals surface area contributed by atoms with Gasteiger partial charge >= 0.3 is 5.97 Å². The van der Waals surface area contributed by atoms with E-state index < -0.39 is 5.97 Å². The summed E-state index contributed by atoms with van der Waals surface area (Å²) in [7, 11) is 3.09. The normalized spacial score (nSPS) is 9.78. The predicted molar refractivity (Wildman–Crippen MR) is 84.6 cm³/mol. The van der Waals surface area contributed by atoms with Crippen LogP contribution in [0, 0.1) is 11.3 Å². The van der Waals surface area contributed by atoms with E-state index in [1.807, 2.05) is 12.1 Å². The van der Waals surface area contributed by atoms with Crippen molar-refractivity contribution in [3.05, 3.63) is 53.6 Å². The Bertz CT molecular complexity index is 717. The standard InChI is InChI=1S/C18H17NO4/c1-21-15-6-3-13(4-7-15)12-18(20)23-17-11-14(9-10-19)5-8-16(17)22-2/h3-8,11H,9,12H2,1-2H3. The zero-order chi connectivity index (χ0) is 16.7. The SMILES string of the molecule is COc1ccc(CC(=O)Oc2cc(CC#N)ccc2OC)cc1. The molecule has 0 bridgehead atoms. The first kappa shape index (κ1) is 16.4. The largest absolute Gasteiger partial charge is 0.497 e. The lowest BCUT2D eigenvalue weighted by Gasteiger charge is -2.10. The topological polar surface area (TPSA) is 68.5 Å². The molecule has 23 heavy (non-hydrogen) atoms. The van der Waals surface area contributed by atoms with Crippen LogP contribution >= 0.6 is 0 Å². The molecule has 0 fully saturated rings. The van der Waals surface area contributed by atoms with Crippen LogP contribution in [0.25, 0.3) is 0 Å². The summed E-state index contributed by atoms with van der Waals surface area (Å²) < 4.78 is 15.6. The van der Waals surface area contributed by atoms with Gasteiger partial charge < -0.3 is 14.2 Å². The van der Waals surface area contributed by atoms with Crippen LogP contribution in [0.3, 0.4) is 0 Å². The summed E-state index contributed by atoms with van der Waals surface area (Å²) >= 11 is 0. The maximum Gasteiger partial charge on any atom is 0.315 e. The van der Waals surface area contributed by atoms with E-state index in [4.69, 9.17) is 19.5 Å². The zero-order valence-corrected chi connectivity index (χ0v) is 13.0. The van der Waals surface area contributed by atoms with E-state index in [1.54, 1.807) is 37.4 Å². The van der Waals surface area contributed by atoms with Crippen LogP contribution in [0.1, 0.15) is 11.1 Å². The van der Waals surface area contributed by atoms with Crippen molar-refractivity contribution in [3.63, 3.8) is 0 Å². The summed E-state index contributed by atoms with van der Waals surface area (Å²) in [6.45, 7) is 0. The van der Waals surface area contributed by atoms with E-state index in [2.05, 4.69) is 6.07 Å². The molecule has 118 valence electrons. The third-order valence-electron chi connectivity index (χ3n) is 3.24. The van der Waals surface area contributed by atoms with Gasteiger partial charge in [-0.3, -0.25) is 4.79 Å². The quantitative estimate of drug-likeness (QED) is 0.606. The molecule has 0 N–H and O–H groups in total. The van der Waals surface area contributed by atoms with Gasteiger partial charge in [-0.05, 0) is 35.4 Å². The Balaban J connectivity index is 2.09. The zero-order valence-electron chi connectivity index (χ0n) is 13.0. The molecule has 2 aromatic rings. The average Bonchev–Trinajstić information content (AvgIpc) is 2.56. The summed E-state index contributed by atoms with van der Waals surface area (Å²) in [5, 5.41) is 8.76. The number of nitriles is 1. The number of hydrogen-bond acceptors (Lipinski definition) is 5. The van der Waals surface area contributed by atoms with Gasteiger partial charge in [0.05, 0.1) is 33.1 Å². The lowest BCUT2D eigenvalue weighted by molar-refractivity contribution is -0.133. The maximum atomic E-state index is 12.1. The van der Waals surface area contributed by atoms with Crippen molar-refractivity contribution < 1.29 is 19.0 Å². The van der Waals surface area contributed by atoms with Crippen molar-refractivity contribution in [2.45, 2.75) is 12.8 Å².